The van der Waals surface area contributed by atoms with Gasteiger partial charge in [0.15, 0.2) is 16.6 Å². The smallest absolute Gasteiger partial charge is 0.248 e. The number of alkyl halides is 1. The van der Waals surface area contributed by atoms with Gasteiger partial charge in [0.1, 0.15) is 24.7 Å². The van der Waals surface area contributed by atoms with Gasteiger partial charge < -0.3 is 39.3 Å². The van der Waals surface area contributed by atoms with Crippen molar-refractivity contribution in [2.24, 2.45) is 5.73 Å². The summed E-state index contributed by atoms with van der Waals surface area (Å²) >= 11 is 8.27. The number of fused-ring (bicyclic) bond motifs is 2. The molecule has 5 N–H and O–H groups in total. The Balaban J connectivity index is 0.000000253. The Bertz CT molecular complexity index is 3300. The molecule has 6 aromatic carbocycles. The standard InChI is InChI=1S/C32H39IN2O3Si.C24H30BrNO3Si.C8H10IN.H2/c1-32(2,3)39(4,5)38-29(21-34-20-19-23-11-13-25(33)14-12-23)26-15-17-28(31-27(26)16-18-30(36)35-31)37-22-24-9-7-6-8-10-24;1-24(2,3)30(4,5)29-21(15-25)18-11-13-20(23-19(18)12-14-22(27)26-23)28-16-17-9-7-6-8-10-17;9-8-3-1-7(2-4-8)5-6-10;/h6-18,29,34H,19-22H2,1-5H3,(H,35,36);6-14,21H,15-16H2,1-5H3,(H,26,27);1-4H,5-6,10H2;1H/t29-;21-;;/m11../s1. The summed E-state index contributed by atoms with van der Waals surface area (Å²) in [5.41, 5.74) is 13.4. The predicted octanol–water partition coefficient (Wildman–Crippen LogP) is 16.2. The van der Waals surface area contributed by atoms with E-state index in [4.69, 9.17) is 24.1 Å². The first-order valence-electron chi connectivity index (χ1n) is 26.9. The van der Waals surface area contributed by atoms with Gasteiger partial charge in [0, 0.05) is 43.3 Å². The third-order valence-corrected chi connectivity index (χ3v) is 25.8. The fourth-order valence-corrected chi connectivity index (χ4v) is 12.2. The van der Waals surface area contributed by atoms with Gasteiger partial charge in [0.25, 0.3) is 0 Å². The molecule has 0 saturated carbocycles. The third-order valence-electron chi connectivity index (χ3n) is 14.8. The van der Waals surface area contributed by atoms with Gasteiger partial charge in [0.05, 0.1) is 23.2 Å². The monoisotopic (exact) mass is 1390 g/mol. The molecule has 0 spiro atoms. The second-order valence-corrected chi connectivity index (χ2v) is 35.4. The number of nitrogens with two attached hydrogens (primary N) is 1. The van der Waals surface area contributed by atoms with Crippen LogP contribution < -0.4 is 31.6 Å². The molecule has 15 heteroatoms. The van der Waals surface area contributed by atoms with E-state index >= 15 is 0 Å². The number of ether oxygens (including phenoxy) is 2. The number of hydrogen-bond acceptors (Lipinski definition) is 8. The van der Waals surface area contributed by atoms with Crippen LogP contribution in [-0.2, 0) is 34.9 Å². The van der Waals surface area contributed by atoms with Crippen LogP contribution in [-0.4, -0.2) is 51.6 Å². The van der Waals surface area contributed by atoms with Crippen molar-refractivity contribution in [3.63, 3.8) is 0 Å². The molecule has 0 unspecified atom stereocenters. The van der Waals surface area contributed by atoms with Crippen molar-refractivity contribution < 1.29 is 19.8 Å². The minimum absolute atomic E-state index is 0. The Morgan fingerprint density at radius 2 is 0.949 bits per heavy atom. The molecule has 2 aromatic heterocycles. The van der Waals surface area contributed by atoms with Gasteiger partial charge >= 0.3 is 0 Å². The number of halogens is 3. The average Bonchev–Trinajstić information content (AvgIpc) is 3.41. The lowest BCUT2D eigenvalue weighted by Crippen LogP contribution is -2.43. The van der Waals surface area contributed by atoms with Crippen molar-refractivity contribution in [2.45, 2.75) is 116 Å². The Labute approximate surface area is 507 Å². The number of rotatable bonds is 20. The predicted molar refractivity (Wildman–Crippen MR) is 356 cm³/mol. The number of H-pyrrole nitrogens is 2. The van der Waals surface area contributed by atoms with Crippen LogP contribution in [0.2, 0.25) is 36.3 Å². The van der Waals surface area contributed by atoms with Crippen LogP contribution >= 0.6 is 61.1 Å². The lowest BCUT2D eigenvalue weighted by atomic mass is 10.0. The number of hydrogen-bond donors (Lipinski definition) is 4. The largest absolute Gasteiger partial charge is 0.487 e. The second kappa shape index (κ2) is 29.5. The molecular weight excluding hydrogens is 1310 g/mol. The van der Waals surface area contributed by atoms with Crippen LogP contribution in [0.3, 0.4) is 0 Å². The summed E-state index contributed by atoms with van der Waals surface area (Å²) < 4.78 is 28.5. The summed E-state index contributed by atoms with van der Waals surface area (Å²) in [6, 6.07) is 52.1. The van der Waals surface area contributed by atoms with E-state index in [2.05, 4.69) is 205 Å². The van der Waals surface area contributed by atoms with E-state index in [1.807, 2.05) is 84.9 Å². The summed E-state index contributed by atoms with van der Waals surface area (Å²) in [5.74, 6) is 1.32. The molecule has 0 amide bonds. The highest BCUT2D eigenvalue weighted by Gasteiger charge is 2.41. The summed E-state index contributed by atoms with van der Waals surface area (Å²) in [6.07, 6.45) is 1.66. The van der Waals surface area contributed by atoms with Crippen LogP contribution in [0, 0.1) is 7.14 Å². The Kier molecular flexibility index (Phi) is 23.8. The molecule has 0 radical (unpaired) electrons. The van der Waals surface area contributed by atoms with E-state index in [0.29, 0.717) is 47.6 Å². The van der Waals surface area contributed by atoms with Gasteiger partial charge in [-0.1, -0.05) is 155 Å². The Morgan fingerprint density at radius 3 is 1.35 bits per heavy atom. The fourth-order valence-electron chi connectivity index (χ4n) is 8.16. The normalized spacial score (nSPS) is 12.7. The van der Waals surface area contributed by atoms with E-state index in [9.17, 15) is 9.59 Å². The maximum Gasteiger partial charge on any atom is 0.248 e. The fraction of sp³-hybridized carbons (Fsp3) is 0.344. The molecule has 2 atom stereocenters. The quantitative estimate of drug-likeness (QED) is 0.0256. The van der Waals surface area contributed by atoms with Crippen molar-refractivity contribution in [1.82, 2.24) is 15.3 Å². The van der Waals surface area contributed by atoms with Crippen molar-refractivity contribution in [3.05, 3.63) is 219 Å². The SMILES string of the molecule is CC(C)(C)[Si](C)(C)O[C@H](CBr)c1ccc(OCc2ccccc2)c2[nH]c(=O)ccc12.CC(C)(C)[Si](C)(C)O[C@H](CNCCc1ccc(I)cc1)c1ccc(OCc2ccccc2)c2[nH]c(=O)ccc12.NCCc1ccc(I)cc1.[HH]. The highest BCUT2D eigenvalue weighted by atomic mass is 127. The first kappa shape index (κ1) is 63.7. The minimum atomic E-state index is -2.10. The number of pyridine rings is 2. The molecular formula is C64H81BrI2N4O6Si2. The van der Waals surface area contributed by atoms with E-state index in [0.717, 1.165) is 59.0 Å². The number of nitrogens with one attached hydrogen (secondary N) is 3. The van der Waals surface area contributed by atoms with Crippen molar-refractivity contribution in [3.8, 4) is 11.5 Å². The van der Waals surface area contributed by atoms with Crippen LogP contribution in [0.4, 0.5) is 0 Å². The first-order valence-corrected chi connectivity index (χ1v) is 36.0. The molecule has 0 bridgehead atoms. The third kappa shape index (κ3) is 18.8. The van der Waals surface area contributed by atoms with E-state index in [1.54, 1.807) is 12.1 Å². The van der Waals surface area contributed by atoms with Gasteiger partial charge in [-0.3, -0.25) is 9.59 Å². The van der Waals surface area contributed by atoms with Crippen molar-refractivity contribution in [1.29, 1.82) is 0 Å². The zero-order chi connectivity index (χ0) is 57.4. The Morgan fingerprint density at radius 1 is 0.544 bits per heavy atom. The highest BCUT2D eigenvalue weighted by Crippen LogP contribution is 2.43. The first-order chi connectivity index (χ1) is 37.5. The van der Waals surface area contributed by atoms with Gasteiger partial charge in [-0.15, -0.1) is 0 Å². The molecule has 79 heavy (non-hydrogen) atoms. The maximum absolute atomic E-state index is 12.4. The lowest BCUT2D eigenvalue weighted by molar-refractivity contribution is 0.182. The summed E-state index contributed by atoms with van der Waals surface area (Å²) in [5, 5.41) is 6.40. The van der Waals surface area contributed by atoms with E-state index < -0.39 is 16.6 Å². The van der Waals surface area contributed by atoms with Gasteiger partial charge in [-0.2, -0.15) is 0 Å². The topological polar surface area (TPSA) is 141 Å². The van der Waals surface area contributed by atoms with Crippen LogP contribution in [0.25, 0.3) is 21.8 Å². The van der Waals surface area contributed by atoms with Gasteiger partial charge in [-0.25, -0.2) is 0 Å². The lowest BCUT2D eigenvalue weighted by Gasteiger charge is -2.39. The molecule has 0 aliphatic rings. The molecule has 2 heterocycles. The molecule has 422 valence electrons. The van der Waals surface area contributed by atoms with Crippen molar-refractivity contribution >= 4 is 99.6 Å². The Hall–Kier alpha value is -4.45. The number of benzene rings is 6. The second-order valence-electron chi connectivity index (χ2n) is 22.7. The molecule has 8 aromatic rings. The minimum Gasteiger partial charge on any atom is -0.487 e. The zero-order valence-electron chi connectivity index (χ0n) is 47.5. The summed E-state index contributed by atoms with van der Waals surface area (Å²) in [4.78, 5) is 30.4. The molecule has 8 rings (SSSR count). The summed E-state index contributed by atoms with van der Waals surface area (Å²) in [6.45, 7) is 25.7. The summed E-state index contributed by atoms with van der Waals surface area (Å²) in [7, 11) is -4.07. The van der Waals surface area contributed by atoms with E-state index in [1.165, 1.54) is 18.3 Å². The average molecular weight is 1390 g/mol. The molecule has 0 fully saturated rings. The number of aromatic nitrogens is 2. The van der Waals surface area contributed by atoms with Crippen molar-refractivity contribution in [2.75, 3.05) is 25.0 Å². The van der Waals surface area contributed by atoms with E-state index in [-0.39, 0.29) is 34.8 Å². The van der Waals surface area contributed by atoms with Crippen LogP contribution in [0.5, 0.6) is 11.5 Å². The van der Waals surface area contributed by atoms with Crippen LogP contribution in [0.15, 0.2) is 167 Å². The maximum atomic E-state index is 12.4. The number of aromatic amines is 2. The van der Waals surface area contributed by atoms with Gasteiger partial charge in [-0.05, 0) is 189 Å². The molecule has 0 aliphatic carbocycles. The molecule has 0 saturated heterocycles. The zero-order valence-corrected chi connectivity index (χ0v) is 55.4. The van der Waals surface area contributed by atoms with Gasteiger partial charge in [0.2, 0.25) is 11.1 Å². The molecule has 10 nitrogen and oxygen atoms in total. The molecule has 0 aliphatic heterocycles. The highest BCUT2D eigenvalue weighted by molar-refractivity contribution is 14.1. The van der Waals surface area contributed by atoms with Crippen LogP contribution in [0.1, 0.15) is 88.6 Å².